The van der Waals surface area contributed by atoms with Gasteiger partial charge in [0, 0.05) is 14.5 Å². The van der Waals surface area contributed by atoms with E-state index in [2.05, 4.69) is 38.5 Å². The summed E-state index contributed by atoms with van der Waals surface area (Å²) in [7, 11) is 0. The summed E-state index contributed by atoms with van der Waals surface area (Å²) in [6, 6.07) is 11.5. The molecule has 0 aromatic heterocycles. The Kier molecular flexibility index (Phi) is 4.71. The Bertz CT molecular complexity index is 660. The summed E-state index contributed by atoms with van der Waals surface area (Å²) in [5.41, 5.74) is 1.68. The minimum atomic E-state index is -0.688. The van der Waals surface area contributed by atoms with E-state index >= 15 is 0 Å². The highest BCUT2D eigenvalue weighted by molar-refractivity contribution is 14.1. The van der Waals surface area contributed by atoms with Crippen LogP contribution in [-0.2, 0) is 0 Å². The molecule has 0 saturated carbocycles. The van der Waals surface area contributed by atoms with Gasteiger partial charge in [0.1, 0.15) is 6.10 Å². The van der Waals surface area contributed by atoms with E-state index in [0.29, 0.717) is 19.0 Å². The maximum absolute atomic E-state index is 10.6. The quantitative estimate of drug-likeness (QED) is 0.679. The molecule has 1 aliphatic rings. The van der Waals surface area contributed by atoms with Crippen molar-refractivity contribution in [3.05, 3.63) is 55.6 Å². The van der Waals surface area contributed by atoms with E-state index in [1.54, 1.807) is 0 Å². The van der Waals surface area contributed by atoms with Crippen LogP contribution in [0.1, 0.15) is 23.7 Å². The standard InChI is InChI=1S/C16H14BrIO3/c17-11-3-4-13(18)12(9-11)16(19)10-2-5-14-15(8-10)21-7-1-6-20-14/h2-5,8-9,16,19H,1,6-7H2. The van der Waals surface area contributed by atoms with Gasteiger partial charge in [-0.15, -0.1) is 0 Å². The Labute approximate surface area is 145 Å². The number of aliphatic hydroxyl groups is 1. The fourth-order valence-corrected chi connectivity index (χ4v) is 3.26. The monoisotopic (exact) mass is 460 g/mol. The molecule has 2 aromatic rings. The number of hydrogen-bond acceptors (Lipinski definition) is 3. The van der Waals surface area contributed by atoms with Gasteiger partial charge in [0.25, 0.3) is 0 Å². The molecule has 0 aliphatic carbocycles. The number of aliphatic hydroxyl groups excluding tert-OH is 1. The van der Waals surface area contributed by atoms with Crippen molar-refractivity contribution in [2.75, 3.05) is 13.2 Å². The van der Waals surface area contributed by atoms with Crippen LogP contribution in [0.2, 0.25) is 0 Å². The van der Waals surface area contributed by atoms with Gasteiger partial charge >= 0.3 is 0 Å². The largest absolute Gasteiger partial charge is 0.490 e. The second-order valence-electron chi connectivity index (χ2n) is 4.83. The third-order valence-electron chi connectivity index (χ3n) is 3.34. The predicted molar refractivity (Wildman–Crippen MR) is 93.0 cm³/mol. The zero-order valence-electron chi connectivity index (χ0n) is 11.2. The summed E-state index contributed by atoms with van der Waals surface area (Å²) in [4.78, 5) is 0. The molecular formula is C16H14BrIO3. The first-order valence-electron chi connectivity index (χ1n) is 6.68. The summed E-state index contributed by atoms with van der Waals surface area (Å²) >= 11 is 5.68. The highest BCUT2D eigenvalue weighted by atomic mass is 127. The van der Waals surface area contributed by atoms with Crippen molar-refractivity contribution >= 4 is 38.5 Å². The number of hydrogen-bond donors (Lipinski definition) is 1. The SMILES string of the molecule is OC(c1ccc2c(c1)OCCCO2)c1cc(Br)ccc1I. The van der Waals surface area contributed by atoms with Gasteiger partial charge in [-0.2, -0.15) is 0 Å². The van der Waals surface area contributed by atoms with Crippen LogP contribution in [0.25, 0.3) is 0 Å². The Morgan fingerprint density at radius 2 is 1.81 bits per heavy atom. The molecule has 2 aromatic carbocycles. The first-order chi connectivity index (χ1) is 10.1. The molecular weight excluding hydrogens is 447 g/mol. The van der Waals surface area contributed by atoms with E-state index in [0.717, 1.165) is 31.3 Å². The van der Waals surface area contributed by atoms with E-state index in [-0.39, 0.29) is 0 Å². The van der Waals surface area contributed by atoms with Crippen molar-refractivity contribution in [1.82, 2.24) is 0 Å². The second kappa shape index (κ2) is 6.54. The smallest absolute Gasteiger partial charge is 0.161 e. The molecule has 0 radical (unpaired) electrons. The molecule has 1 N–H and O–H groups in total. The lowest BCUT2D eigenvalue weighted by atomic mass is 10.0. The molecule has 0 spiro atoms. The zero-order chi connectivity index (χ0) is 14.8. The molecule has 110 valence electrons. The molecule has 0 saturated heterocycles. The van der Waals surface area contributed by atoms with Gasteiger partial charge in [0.15, 0.2) is 11.5 Å². The van der Waals surface area contributed by atoms with Gasteiger partial charge in [0.05, 0.1) is 13.2 Å². The fraction of sp³-hybridized carbons (Fsp3) is 0.250. The second-order valence-corrected chi connectivity index (χ2v) is 6.90. The molecule has 3 rings (SSSR count). The van der Waals surface area contributed by atoms with Crippen LogP contribution in [0, 0.1) is 3.57 Å². The molecule has 0 amide bonds. The highest BCUT2D eigenvalue weighted by Gasteiger charge is 2.18. The molecule has 1 heterocycles. The van der Waals surface area contributed by atoms with E-state index in [9.17, 15) is 5.11 Å². The Morgan fingerprint density at radius 1 is 1.05 bits per heavy atom. The molecule has 3 nitrogen and oxygen atoms in total. The van der Waals surface area contributed by atoms with Crippen LogP contribution >= 0.6 is 38.5 Å². The van der Waals surface area contributed by atoms with Crippen LogP contribution < -0.4 is 9.47 Å². The van der Waals surface area contributed by atoms with Crippen LogP contribution in [-0.4, -0.2) is 18.3 Å². The van der Waals surface area contributed by atoms with Gasteiger partial charge in [0.2, 0.25) is 0 Å². The van der Waals surface area contributed by atoms with Gasteiger partial charge in [-0.3, -0.25) is 0 Å². The fourth-order valence-electron chi connectivity index (χ4n) is 2.25. The predicted octanol–water partition coefficient (Wildman–Crippen LogP) is 4.30. The lowest BCUT2D eigenvalue weighted by molar-refractivity contribution is 0.218. The minimum absolute atomic E-state index is 0.640. The summed E-state index contributed by atoms with van der Waals surface area (Å²) in [5, 5.41) is 10.6. The van der Waals surface area contributed by atoms with Gasteiger partial charge in [-0.25, -0.2) is 0 Å². The van der Waals surface area contributed by atoms with E-state index in [4.69, 9.17) is 9.47 Å². The number of halogens is 2. The average molecular weight is 461 g/mol. The van der Waals surface area contributed by atoms with Crippen molar-refractivity contribution in [1.29, 1.82) is 0 Å². The lowest BCUT2D eigenvalue weighted by Crippen LogP contribution is -2.03. The van der Waals surface area contributed by atoms with Crippen LogP contribution in [0.3, 0.4) is 0 Å². The summed E-state index contributed by atoms with van der Waals surface area (Å²) in [6.45, 7) is 1.30. The normalized spacial score (nSPS) is 15.4. The topological polar surface area (TPSA) is 38.7 Å². The van der Waals surface area contributed by atoms with Crippen LogP contribution in [0.15, 0.2) is 40.9 Å². The first-order valence-corrected chi connectivity index (χ1v) is 8.55. The van der Waals surface area contributed by atoms with Crippen LogP contribution in [0.5, 0.6) is 11.5 Å². The van der Waals surface area contributed by atoms with Crippen molar-refractivity contribution in [3.63, 3.8) is 0 Å². The number of fused-ring (bicyclic) bond motifs is 1. The van der Waals surface area contributed by atoms with Gasteiger partial charge in [-0.05, 0) is 64.0 Å². The molecule has 0 fully saturated rings. The summed E-state index contributed by atoms with van der Waals surface area (Å²) < 4.78 is 13.3. The van der Waals surface area contributed by atoms with Crippen molar-refractivity contribution in [2.45, 2.75) is 12.5 Å². The van der Waals surface area contributed by atoms with Crippen LogP contribution in [0.4, 0.5) is 0 Å². The third kappa shape index (κ3) is 3.35. The third-order valence-corrected chi connectivity index (χ3v) is 4.82. The number of ether oxygens (including phenoxy) is 2. The summed E-state index contributed by atoms with van der Waals surface area (Å²) in [6.07, 6.45) is 0.183. The van der Waals surface area contributed by atoms with E-state index in [1.165, 1.54) is 0 Å². The lowest BCUT2D eigenvalue weighted by Gasteiger charge is -2.16. The minimum Gasteiger partial charge on any atom is -0.490 e. The Hall–Kier alpha value is -0.790. The molecule has 0 bridgehead atoms. The maximum atomic E-state index is 10.6. The Balaban J connectivity index is 1.96. The van der Waals surface area contributed by atoms with E-state index < -0.39 is 6.10 Å². The first kappa shape index (κ1) is 15.1. The van der Waals surface area contributed by atoms with Gasteiger partial charge in [-0.1, -0.05) is 22.0 Å². The average Bonchev–Trinajstić information content (AvgIpc) is 2.73. The highest BCUT2D eigenvalue weighted by Crippen LogP contribution is 2.35. The molecule has 1 atom stereocenters. The van der Waals surface area contributed by atoms with E-state index in [1.807, 2.05) is 36.4 Å². The van der Waals surface area contributed by atoms with Crippen molar-refractivity contribution < 1.29 is 14.6 Å². The molecule has 1 unspecified atom stereocenters. The van der Waals surface area contributed by atoms with Crippen molar-refractivity contribution in [2.24, 2.45) is 0 Å². The Morgan fingerprint density at radius 3 is 2.62 bits per heavy atom. The van der Waals surface area contributed by atoms with Gasteiger partial charge < -0.3 is 14.6 Å². The summed E-state index contributed by atoms with van der Waals surface area (Å²) in [5.74, 6) is 1.45. The molecule has 21 heavy (non-hydrogen) atoms. The maximum Gasteiger partial charge on any atom is 0.161 e. The van der Waals surface area contributed by atoms with Crippen molar-refractivity contribution in [3.8, 4) is 11.5 Å². The number of benzene rings is 2. The molecule has 1 aliphatic heterocycles. The molecule has 5 heteroatoms. The number of rotatable bonds is 2. The zero-order valence-corrected chi connectivity index (χ0v) is 14.9.